The predicted octanol–water partition coefficient (Wildman–Crippen LogP) is 1.83. The van der Waals surface area contributed by atoms with Gasteiger partial charge in [-0.05, 0) is 19.9 Å². The molecule has 0 aromatic carbocycles. The summed E-state index contributed by atoms with van der Waals surface area (Å²) in [6, 6.07) is 0. The number of amides is 1. The highest BCUT2D eigenvalue weighted by molar-refractivity contribution is 9.09. The molecule has 19 heavy (non-hydrogen) atoms. The molecular formula is C13H20BrN3O2. The van der Waals surface area contributed by atoms with Crippen molar-refractivity contribution >= 4 is 21.8 Å². The summed E-state index contributed by atoms with van der Waals surface area (Å²) in [4.78, 5) is 20.8. The van der Waals surface area contributed by atoms with Crippen LogP contribution >= 0.6 is 15.9 Å². The first-order chi connectivity index (χ1) is 9.11. The highest BCUT2D eigenvalue weighted by Crippen LogP contribution is 2.14. The van der Waals surface area contributed by atoms with Gasteiger partial charge in [-0.25, -0.2) is 4.98 Å². The Kier molecular flexibility index (Phi) is 4.99. The summed E-state index contributed by atoms with van der Waals surface area (Å²) in [6.45, 7) is 8.13. The fourth-order valence-electron chi connectivity index (χ4n) is 2.39. The van der Waals surface area contributed by atoms with E-state index in [9.17, 15) is 4.79 Å². The average molecular weight is 330 g/mol. The summed E-state index contributed by atoms with van der Waals surface area (Å²) in [5.74, 6) is 0.918. The van der Waals surface area contributed by atoms with E-state index < -0.39 is 0 Å². The van der Waals surface area contributed by atoms with Gasteiger partial charge >= 0.3 is 0 Å². The summed E-state index contributed by atoms with van der Waals surface area (Å²) in [7, 11) is 0. The van der Waals surface area contributed by atoms with E-state index in [2.05, 4.69) is 25.8 Å². The molecule has 0 aliphatic carbocycles. The van der Waals surface area contributed by atoms with Crippen LogP contribution in [0.3, 0.4) is 0 Å². The SMILES string of the molecule is Cc1nc(C)c(C(=O)N2CCCN(CCBr)CC2)o1. The van der Waals surface area contributed by atoms with Crippen molar-refractivity contribution in [2.45, 2.75) is 20.3 Å². The first-order valence-corrected chi connectivity index (χ1v) is 7.75. The third-order valence-electron chi connectivity index (χ3n) is 3.37. The third kappa shape index (κ3) is 3.57. The fraction of sp³-hybridized carbons (Fsp3) is 0.692. The van der Waals surface area contributed by atoms with E-state index in [1.165, 1.54) is 0 Å². The molecule has 106 valence electrons. The van der Waals surface area contributed by atoms with Crippen LogP contribution in [0.25, 0.3) is 0 Å². The van der Waals surface area contributed by atoms with E-state index in [1.54, 1.807) is 6.92 Å². The van der Waals surface area contributed by atoms with E-state index >= 15 is 0 Å². The van der Waals surface area contributed by atoms with Crippen molar-refractivity contribution in [3.8, 4) is 0 Å². The summed E-state index contributed by atoms with van der Waals surface area (Å²) < 4.78 is 5.42. The number of aromatic nitrogens is 1. The normalized spacial score (nSPS) is 17.5. The fourth-order valence-corrected chi connectivity index (χ4v) is 2.89. The Morgan fingerprint density at radius 1 is 1.32 bits per heavy atom. The molecule has 1 aliphatic heterocycles. The number of carbonyl (C=O) groups is 1. The van der Waals surface area contributed by atoms with Crippen LogP contribution in [0.2, 0.25) is 0 Å². The van der Waals surface area contributed by atoms with E-state index in [0.29, 0.717) is 17.3 Å². The number of hydrogen-bond acceptors (Lipinski definition) is 4. The van der Waals surface area contributed by atoms with Crippen LogP contribution in [0.4, 0.5) is 0 Å². The van der Waals surface area contributed by atoms with Crippen molar-refractivity contribution in [1.82, 2.24) is 14.8 Å². The van der Waals surface area contributed by atoms with Gasteiger partial charge < -0.3 is 14.2 Å². The smallest absolute Gasteiger partial charge is 0.291 e. The highest BCUT2D eigenvalue weighted by atomic mass is 79.9. The summed E-state index contributed by atoms with van der Waals surface area (Å²) in [6.07, 6.45) is 1.00. The monoisotopic (exact) mass is 329 g/mol. The number of alkyl halides is 1. The summed E-state index contributed by atoms with van der Waals surface area (Å²) in [5.41, 5.74) is 0.684. The summed E-state index contributed by atoms with van der Waals surface area (Å²) >= 11 is 3.46. The molecule has 1 amide bonds. The van der Waals surface area contributed by atoms with E-state index in [4.69, 9.17) is 4.42 Å². The number of nitrogens with zero attached hydrogens (tertiary/aromatic N) is 3. The molecule has 0 radical (unpaired) electrons. The molecule has 6 heteroatoms. The molecule has 5 nitrogen and oxygen atoms in total. The van der Waals surface area contributed by atoms with Gasteiger partial charge in [-0.1, -0.05) is 15.9 Å². The topological polar surface area (TPSA) is 49.6 Å². The molecule has 0 atom stereocenters. The lowest BCUT2D eigenvalue weighted by Crippen LogP contribution is -2.35. The standard InChI is InChI=1S/C13H20BrN3O2/c1-10-12(19-11(2)15-10)13(18)17-6-3-5-16(7-4-14)8-9-17/h3-9H2,1-2H3. The van der Waals surface area contributed by atoms with E-state index in [-0.39, 0.29) is 5.91 Å². The maximum Gasteiger partial charge on any atom is 0.291 e. The van der Waals surface area contributed by atoms with Gasteiger partial charge in [0.25, 0.3) is 5.91 Å². The lowest BCUT2D eigenvalue weighted by Gasteiger charge is -2.20. The maximum absolute atomic E-state index is 12.4. The molecule has 1 fully saturated rings. The van der Waals surface area contributed by atoms with Crippen LogP contribution in [0.5, 0.6) is 0 Å². The van der Waals surface area contributed by atoms with Crippen LogP contribution in [-0.2, 0) is 0 Å². The largest absolute Gasteiger partial charge is 0.436 e. The molecule has 1 aromatic rings. The van der Waals surface area contributed by atoms with Crippen molar-refractivity contribution in [1.29, 1.82) is 0 Å². The second-order valence-corrected chi connectivity index (χ2v) is 5.62. The maximum atomic E-state index is 12.4. The Morgan fingerprint density at radius 2 is 2.11 bits per heavy atom. The number of carbonyl (C=O) groups excluding carboxylic acids is 1. The van der Waals surface area contributed by atoms with Gasteiger partial charge in [0.1, 0.15) is 0 Å². The van der Waals surface area contributed by atoms with Crippen LogP contribution in [-0.4, -0.2) is 58.7 Å². The second-order valence-electron chi connectivity index (χ2n) is 4.82. The molecule has 1 saturated heterocycles. The number of rotatable bonds is 3. The number of hydrogen-bond donors (Lipinski definition) is 0. The molecule has 0 bridgehead atoms. The minimum Gasteiger partial charge on any atom is -0.436 e. The molecule has 1 aliphatic rings. The number of halogens is 1. The lowest BCUT2D eigenvalue weighted by atomic mass is 10.3. The van der Waals surface area contributed by atoms with Crippen molar-refractivity contribution in [3.05, 3.63) is 17.3 Å². The number of aryl methyl sites for hydroxylation is 2. The summed E-state index contributed by atoms with van der Waals surface area (Å²) in [5, 5.41) is 0.974. The van der Waals surface area contributed by atoms with Crippen LogP contribution in [0.15, 0.2) is 4.42 Å². The van der Waals surface area contributed by atoms with Gasteiger partial charge in [-0.3, -0.25) is 4.79 Å². The van der Waals surface area contributed by atoms with Crippen molar-refractivity contribution in [3.63, 3.8) is 0 Å². The Balaban J connectivity index is 2.02. The average Bonchev–Trinajstić information content (AvgIpc) is 2.59. The van der Waals surface area contributed by atoms with Gasteiger partial charge in [0.15, 0.2) is 5.89 Å². The Morgan fingerprint density at radius 3 is 2.74 bits per heavy atom. The molecule has 0 unspecified atom stereocenters. The van der Waals surface area contributed by atoms with E-state index in [0.717, 1.165) is 44.5 Å². The molecule has 2 rings (SSSR count). The van der Waals surface area contributed by atoms with Crippen LogP contribution in [0, 0.1) is 13.8 Å². The van der Waals surface area contributed by atoms with Crippen molar-refractivity contribution in [2.24, 2.45) is 0 Å². The predicted molar refractivity (Wildman–Crippen MR) is 76.7 cm³/mol. The quantitative estimate of drug-likeness (QED) is 0.794. The first kappa shape index (κ1) is 14.5. The van der Waals surface area contributed by atoms with Crippen LogP contribution in [0.1, 0.15) is 28.6 Å². The molecule has 0 spiro atoms. The molecule has 2 heterocycles. The van der Waals surface area contributed by atoms with Gasteiger partial charge in [-0.15, -0.1) is 0 Å². The third-order valence-corrected chi connectivity index (χ3v) is 3.73. The van der Waals surface area contributed by atoms with Gasteiger partial charge in [-0.2, -0.15) is 0 Å². The minimum atomic E-state index is -0.0289. The van der Waals surface area contributed by atoms with Crippen molar-refractivity contribution in [2.75, 3.05) is 38.1 Å². The molecule has 0 N–H and O–H groups in total. The highest BCUT2D eigenvalue weighted by Gasteiger charge is 2.24. The Hall–Kier alpha value is -0.880. The van der Waals surface area contributed by atoms with Crippen LogP contribution < -0.4 is 0 Å². The van der Waals surface area contributed by atoms with Gasteiger partial charge in [0.2, 0.25) is 5.76 Å². The zero-order valence-corrected chi connectivity index (χ0v) is 13.1. The molecule has 1 aromatic heterocycles. The van der Waals surface area contributed by atoms with Gasteiger partial charge in [0.05, 0.1) is 5.69 Å². The molecular weight excluding hydrogens is 310 g/mol. The van der Waals surface area contributed by atoms with Gasteiger partial charge in [0, 0.05) is 38.4 Å². The lowest BCUT2D eigenvalue weighted by molar-refractivity contribution is 0.0727. The second kappa shape index (κ2) is 6.52. The number of oxazole rings is 1. The first-order valence-electron chi connectivity index (χ1n) is 6.63. The molecule has 0 saturated carbocycles. The minimum absolute atomic E-state index is 0.0289. The zero-order valence-electron chi connectivity index (χ0n) is 11.5. The Bertz CT molecular complexity index is 447. The van der Waals surface area contributed by atoms with Crippen molar-refractivity contribution < 1.29 is 9.21 Å². The van der Waals surface area contributed by atoms with E-state index in [1.807, 2.05) is 11.8 Å². The zero-order chi connectivity index (χ0) is 13.8. The Labute approximate surface area is 122 Å².